The Hall–Kier alpha value is -1.08. The summed E-state index contributed by atoms with van der Waals surface area (Å²) >= 11 is 0. The number of benzene rings is 1. The zero-order chi connectivity index (χ0) is 13.8. The molecule has 0 saturated carbocycles. The molecule has 0 aliphatic rings. The SMILES string of the molecule is C=CCC(C)(COC(C)(C)C)c1ccc(C)cc1. The van der Waals surface area contributed by atoms with E-state index in [1.165, 1.54) is 11.1 Å². The molecule has 1 unspecified atom stereocenters. The molecule has 0 N–H and O–H groups in total. The third-order valence-electron chi connectivity index (χ3n) is 3.17. The Kier molecular flexibility index (Phi) is 4.75. The van der Waals surface area contributed by atoms with Gasteiger partial charge in [-0.25, -0.2) is 0 Å². The number of hydrogen-bond acceptors (Lipinski definition) is 1. The molecule has 0 fully saturated rings. The smallest absolute Gasteiger partial charge is 0.0598 e. The van der Waals surface area contributed by atoms with Crippen molar-refractivity contribution in [1.82, 2.24) is 0 Å². The van der Waals surface area contributed by atoms with Gasteiger partial charge in [-0.2, -0.15) is 0 Å². The van der Waals surface area contributed by atoms with Crippen LogP contribution < -0.4 is 0 Å². The van der Waals surface area contributed by atoms with E-state index in [0.717, 1.165) is 6.42 Å². The summed E-state index contributed by atoms with van der Waals surface area (Å²) in [7, 11) is 0. The largest absolute Gasteiger partial charge is 0.375 e. The Morgan fingerprint density at radius 3 is 2.11 bits per heavy atom. The summed E-state index contributed by atoms with van der Waals surface area (Å²) < 4.78 is 5.98. The lowest BCUT2D eigenvalue weighted by Gasteiger charge is -2.33. The minimum atomic E-state index is -0.104. The molecule has 100 valence electrons. The molecular formula is C17H26O. The van der Waals surface area contributed by atoms with Crippen LogP contribution in [0.25, 0.3) is 0 Å². The first-order valence-corrected chi connectivity index (χ1v) is 6.59. The molecule has 18 heavy (non-hydrogen) atoms. The van der Waals surface area contributed by atoms with Crippen molar-refractivity contribution in [2.75, 3.05) is 6.61 Å². The summed E-state index contributed by atoms with van der Waals surface area (Å²) in [6, 6.07) is 8.72. The van der Waals surface area contributed by atoms with Crippen molar-refractivity contribution >= 4 is 0 Å². The van der Waals surface area contributed by atoms with E-state index < -0.39 is 0 Å². The number of aryl methyl sites for hydroxylation is 1. The molecule has 0 bridgehead atoms. The van der Waals surface area contributed by atoms with Crippen LogP contribution in [0.2, 0.25) is 0 Å². The van der Waals surface area contributed by atoms with Gasteiger partial charge in [0.05, 0.1) is 12.2 Å². The number of rotatable bonds is 5. The van der Waals surface area contributed by atoms with E-state index in [-0.39, 0.29) is 11.0 Å². The fourth-order valence-corrected chi connectivity index (χ4v) is 1.91. The molecule has 0 heterocycles. The molecule has 0 aliphatic carbocycles. The molecule has 0 amide bonds. The summed E-state index contributed by atoms with van der Waals surface area (Å²) in [6.45, 7) is 15.2. The molecule has 0 spiro atoms. The molecule has 0 saturated heterocycles. The molecule has 1 rings (SSSR count). The van der Waals surface area contributed by atoms with Gasteiger partial charge >= 0.3 is 0 Å². The zero-order valence-corrected chi connectivity index (χ0v) is 12.4. The quantitative estimate of drug-likeness (QED) is 0.687. The standard InChI is InChI=1S/C17H26O/c1-7-12-17(6,13-18-16(3,4)5)15-10-8-14(2)9-11-15/h7-11H,1,12-13H2,2-6H3. The fourth-order valence-electron chi connectivity index (χ4n) is 1.91. The molecule has 1 nitrogen and oxygen atoms in total. The average molecular weight is 246 g/mol. The van der Waals surface area contributed by atoms with Crippen LogP contribution in [0.15, 0.2) is 36.9 Å². The Morgan fingerprint density at radius 1 is 1.11 bits per heavy atom. The monoisotopic (exact) mass is 246 g/mol. The van der Waals surface area contributed by atoms with E-state index in [2.05, 4.69) is 65.5 Å². The lowest BCUT2D eigenvalue weighted by molar-refractivity contribution is -0.0277. The summed E-state index contributed by atoms with van der Waals surface area (Å²) in [5, 5.41) is 0. The normalized spacial score (nSPS) is 15.2. The van der Waals surface area contributed by atoms with Crippen LogP contribution in [0.4, 0.5) is 0 Å². The van der Waals surface area contributed by atoms with E-state index >= 15 is 0 Å². The molecular weight excluding hydrogens is 220 g/mol. The van der Waals surface area contributed by atoms with E-state index in [1.807, 2.05) is 6.08 Å². The Balaban J connectivity index is 2.92. The van der Waals surface area contributed by atoms with Gasteiger partial charge in [-0.15, -0.1) is 6.58 Å². The van der Waals surface area contributed by atoms with Crippen LogP contribution >= 0.6 is 0 Å². The summed E-state index contributed by atoms with van der Waals surface area (Å²) in [5.41, 5.74) is 2.50. The molecule has 1 aromatic carbocycles. The number of hydrogen-bond donors (Lipinski definition) is 0. The second-order valence-electron chi connectivity index (χ2n) is 6.32. The minimum absolute atomic E-state index is 0.00271. The van der Waals surface area contributed by atoms with Crippen LogP contribution in [0.5, 0.6) is 0 Å². The van der Waals surface area contributed by atoms with Gasteiger partial charge in [-0.05, 0) is 39.7 Å². The Morgan fingerprint density at radius 2 is 1.67 bits per heavy atom. The number of ether oxygens (including phenoxy) is 1. The van der Waals surface area contributed by atoms with Gasteiger partial charge in [0.1, 0.15) is 0 Å². The maximum atomic E-state index is 5.98. The Labute approximate surface area is 112 Å². The zero-order valence-electron chi connectivity index (χ0n) is 12.4. The van der Waals surface area contributed by atoms with Crippen molar-refractivity contribution in [1.29, 1.82) is 0 Å². The highest BCUT2D eigenvalue weighted by Crippen LogP contribution is 2.30. The van der Waals surface area contributed by atoms with E-state index in [9.17, 15) is 0 Å². The highest BCUT2D eigenvalue weighted by Gasteiger charge is 2.27. The highest BCUT2D eigenvalue weighted by atomic mass is 16.5. The number of allylic oxidation sites excluding steroid dienone is 1. The summed E-state index contributed by atoms with van der Waals surface area (Å²) in [6.07, 6.45) is 2.90. The molecule has 0 aromatic heterocycles. The average Bonchev–Trinajstić information content (AvgIpc) is 2.27. The van der Waals surface area contributed by atoms with Gasteiger partial charge in [0.15, 0.2) is 0 Å². The Bertz CT molecular complexity index is 383. The van der Waals surface area contributed by atoms with E-state index in [4.69, 9.17) is 4.74 Å². The van der Waals surface area contributed by atoms with Gasteiger partial charge in [-0.3, -0.25) is 0 Å². The first-order chi connectivity index (χ1) is 8.27. The topological polar surface area (TPSA) is 9.23 Å². The van der Waals surface area contributed by atoms with Crippen LogP contribution in [-0.2, 0) is 10.2 Å². The van der Waals surface area contributed by atoms with Crippen molar-refractivity contribution < 1.29 is 4.74 Å². The van der Waals surface area contributed by atoms with Crippen molar-refractivity contribution in [3.63, 3.8) is 0 Å². The predicted octanol–water partition coefficient (Wildman–Crippen LogP) is 4.64. The van der Waals surface area contributed by atoms with Crippen LogP contribution in [0.1, 0.15) is 45.2 Å². The van der Waals surface area contributed by atoms with Crippen molar-refractivity contribution in [2.24, 2.45) is 0 Å². The van der Waals surface area contributed by atoms with E-state index in [1.54, 1.807) is 0 Å². The fraction of sp³-hybridized carbons (Fsp3) is 0.529. The molecule has 1 heteroatoms. The lowest BCUT2D eigenvalue weighted by atomic mass is 9.80. The van der Waals surface area contributed by atoms with Crippen LogP contribution in [0, 0.1) is 6.92 Å². The van der Waals surface area contributed by atoms with Gasteiger partial charge in [0, 0.05) is 5.41 Å². The molecule has 0 aliphatic heterocycles. The second kappa shape index (κ2) is 5.71. The molecule has 1 aromatic rings. The van der Waals surface area contributed by atoms with Crippen molar-refractivity contribution in [2.45, 2.75) is 52.1 Å². The van der Waals surface area contributed by atoms with Gasteiger partial charge < -0.3 is 4.74 Å². The van der Waals surface area contributed by atoms with Crippen molar-refractivity contribution in [3.05, 3.63) is 48.0 Å². The first-order valence-electron chi connectivity index (χ1n) is 6.59. The highest BCUT2D eigenvalue weighted by molar-refractivity contribution is 5.29. The third kappa shape index (κ3) is 4.30. The van der Waals surface area contributed by atoms with Gasteiger partial charge in [0.25, 0.3) is 0 Å². The summed E-state index contributed by atoms with van der Waals surface area (Å²) in [4.78, 5) is 0. The predicted molar refractivity (Wildman–Crippen MR) is 79.1 cm³/mol. The molecule has 0 radical (unpaired) electrons. The summed E-state index contributed by atoms with van der Waals surface area (Å²) in [5.74, 6) is 0. The minimum Gasteiger partial charge on any atom is -0.375 e. The van der Waals surface area contributed by atoms with Gasteiger partial charge in [0.2, 0.25) is 0 Å². The van der Waals surface area contributed by atoms with Crippen molar-refractivity contribution in [3.8, 4) is 0 Å². The second-order valence-corrected chi connectivity index (χ2v) is 6.32. The lowest BCUT2D eigenvalue weighted by Crippen LogP contribution is -2.33. The van der Waals surface area contributed by atoms with Crippen LogP contribution in [-0.4, -0.2) is 12.2 Å². The maximum absolute atomic E-state index is 5.98. The first kappa shape index (κ1) is 15.0. The van der Waals surface area contributed by atoms with E-state index in [0.29, 0.717) is 6.61 Å². The van der Waals surface area contributed by atoms with Crippen LogP contribution in [0.3, 0.4) is 0 Å². The van der Waals surface area contributed by atoms with Gasteiger partial charge in [-0.1, -0.05) is 42.8 Å². The third-order valence-corrected chi connectivity index (χ3v) is 3.17. The maximum Gasteiger partial charge on any atom is 0.0598 e. The molecule has 1 atom stereocenters.